The largest absolute Gasteiger partial charge is 0.468 e. The van der Waals surface area contributed by atoms with Crippen LogP contribution in [0.3, 0.4) is 0 Å². The van der Waals surface area contributed by atoms with Gasteiger partial charge in [0.05, 0.1) is 12.8 Å². The maximum absolute atomic E-state index is 5.29. The first-order valence-electron chi connectivity index (χ1n) is 6.64. The average Bonchev–Trinajstić information content (AvgIpc) is 2.78. The van der Waals surface area contributed by atoms with Crippen molar-refractivity contribution in [3.63, 3.8) is 0 Å². The predicted octanol–water partition coefficient (Wildman–Crippen LogP) is 2.88. The summed E-state index contributed by atoms with van der Waals surface area (Å²) in [5.41, 5.74) is 0. The minimum atomic E-state index is 0.560. The molecule has 0 bridgehead atoms. The maximum Gasteiger partial charge on any atom is 0.117 e. The molecule has 1 aromatic rings. The zero-order valence-electron chi connectivity index (χ0n) is 11.6. The first-order chi connectivity index (χ1) is 8.15. The molecule has 17 heavy (non-hydrogen) atoms. The Hall–Kier alpha value is -0.800. The van der Waals surface area contributed by atoms with E-state index in [1.807, 2.05) is 12.1 Å². The highest BCUT2D eigenvalue weighted by Gasteiger charge is 2.15. The van der Waals surface area contributed by atoms with Crippen molar-refractivity contribution < 1.29 is 4.42 Å². The van der Waals surface area contributed by atoms with Gasteiger partial charge in [0.1, 0.15) is 5.76 Å². The molecular weight excluding hydrogens is 212 g/mol. The molecule has 0 aliphatic heterocycles. The summed E-state index contributed by atoms with van der Waals surface area (Å²) in [4.78, 5) is 2.54. The van der Waals surface area contributed by atoms with Gasteiger partial charge in [-0.05, 0) is 45.9 Å². The van der Waals surface area contributed by atoms with Crippen LogP contribution in [0.4, 0.5) is 0 Å². The average molecular weight is 238 g/mol. The van der Waals surface area contributed by atoms with Gasteiger partial charge >= 0.3 is 0 Å². The molecule has 0 aliphatic rings. The molecular formula is C14H26N2O. The highest BCUT2D eigenvalue weighted by molar-refractivity contribution is 4.97. The van der Waals surface area contributed by atoms with Crippen molar-refractivity contribution in [1.29, 1.82) is 0 Å². The molecule has 0 aromatic carbocycles. The van der Waals surface area contributed by atoms with E-state index in [0.29, 0.717) is 12.1 Å². The van der Waals surface area contributed by atoms with E-state index in [9.17, 15) is 0 Å². The van der Waals surface area contributed by atoms with Gasteiger partial charge in [0, 0.05) is 18.6 Å². The van der Waals surface area contributed by atoms with Crippen molar-refractivity contribution in [2.24, 2.45) is 0 Å². The van der Waals surface area contributed by atoms with Crippen LogP contribution in [-0.4, -0.2) is 30.1 Å². The number of rotatable bonds is 8. The molecule has 0 saturated carbocycles. The Balaban J connectivity index is 2.29. The number of hydrogen-bond acceptors (Lipinski definition) is 3. The Morgan fingerprint density at radius 2 is 2.12 bits per heavy atom. The number of furan rings is 1. The van der Waals surface area contributed by atoms with Crippen LogP contribution in [0.25, 0.3) is 0 Å². The molecule has 0 fully saturated rings. The highest BCUT2D eigenvalue weighted by Crippen LogP contribution is 2.06. The van der Waals surface area contributed by atoms with Crippen LogP contribution in [0.5, 0.6) is 0 Å². The zero-order chi connectivity index (χ0) is 12.7. The Kier molecular flexibility index (Phi) is 6.30. The first-order valence-corrected chi connectivity index (χ1v) is 6.64. The summed E-state index contributed by atoms with van der Waals surface area (Å²) in [6.45, 7) is 12.0. The Morgan fingerprint density at radius 1 is 1.35 bits per heavy atom. The summed E-state index contributed by atoms with van der Waals surface area (Å²) in [6, 6.07) is 5.10. The zero-order valence-corrected chi connectivity index (χ0v) is 11.6. The van der Waals surface area contributed by atoms with E-state index in [0.717, 1.165) is 18.8 Å². The van der Waals surface area contributed by atoms with Crippen molar-refractivity contribution in [3.8, 4) is 0 Å². The van der Waals surface area contributed by atoms with Crippen molar-refractivity contribution >= 4 is 0 Å². The topological polar surface area (TPSA) is 28.4 Å². The molecule has 3 nitrogen and oxygen atoms in total. The number of nitrogens with one attached hydrogen (secondary N) is 1. The van der Waals surface area contributed by atoms with Gasteiger partial charge in [-0.1, -0.05) is 6.92 Å². The molecule has 3 heteroatoms. The third kappa shape index (κ3) is 4.92. The first kappa shape index (κ1) is 14.3. The molecule has 1 unspecified atom stereocenters. The lowest BCUT2D eigenvalue weighted by Crippen LogP contribution is -2.44. The molecule has 1 N–H and O–H groups in total. The monoisotopic (exact) mass is 238 g/mol. The lowest BCUT2D eigenvalue weighted by atomic mass is 10.2. The quantitative estimate of drug-likeness (QED) is 0.755. The molecule has 98 valence electrons. The highest BCUT2D eigenvalue weighted by atomic mass is 16.3. The molecule has 0 radical (unpaired) electrons. The molecule has 0 spiro atoms. The van der Waals surface area contributed by atoms with Crippen molar-refractivity contribution in [2.45, 2.75) is 52.7 Å². The fraction of sp³-hybridized carbons (Fsp3) is 0.714. The van der Waals surface area contributed by atoms with Gasteiger partial charge in [-0.15, -0.1) is 0 Å². The molecule has 1 heterocycles. The lowest BCUT2D eigenvalue weighted by molar-refractivity contribution is 0.160. The number of nitrogens with zero attached hydrogens (tertiary/aromatic N) is 1. The minimum absolute atomic E-state index is 0.560. The van der Waals surface area contributed by atoms with Crippen LogP contribution in [0, 0.1) is 0 Å². The second kappa shape index (κ2) is 7.51. The van der Waals surface area contributed by atoms with E-state index in [2.05, 4.69) is 37.9 Å². The van der Waals surface area contributed by atoms with Crippen molar-refractivity contribution in [3.05, 3.63) is 24.2 Å². The molecule has 1 rings (SSSR count). The van der Waals surface area contributed by atoms with Crippen molar-refractivity contribution in [2.75, 3.05) is 13.1 Å². The van der Waals surface area contributed by atoms with Crippen LogP contribution in [-0.2, 0) is 6.54 Å². The van der Waals surface area contributed by atoms with Crippen LogP contribution in [0.2, 0.25) is 0 Å². The fourth-order valence-corrected chi connectivity index (χ4v) is 2.18. The van der Waals surface area contributed by atoms with Crippen LogP contribution >= 0.6 is 0 Å². The second-order valence-electron chi connectivity index (χ2n) is 4.89. The van der Waals surface area contributed by atoms with E-state index < -0.39 is 0 Å². The maximum atomic E-state index is 5.29. The Bertz CT molecular complexity index is 282. The van der Waals surface area contributed by atoms with Gasteiger partial charge < -0.3 is 9.73 Å². The summed E-state index contributed by atoms with van der Waals surface area (Å²) >= 11 is 0. The molecule has 0 aliphatic carbocycles. The molecule has 1 aromatic heterocycles. The summed E-state index contributed by atoms with van der Waals surface area (Å²) in [6.07, 6.45) is 2.93. The van der Waals surface area contributed by atoms with E-state index in [1.54, 1.807) is 6.26 Å². The Morgan fingerprint density at radius 3 is 2.65 bits per heavy atom. The normalized spacial score (nSPS) is 13.5. The molecule has 1 atom stereocenters. The fourth-order valence-electron chi connectivity index (χ4n) is 2.18. The van der Waals surface area contributed by atoms with E-state index in [-0.39, 0.29) is 0 Å². The SMILES string of the molecule is CCCN(C(C)C)C(C)CNCc1ccco1. The standard InChI is InChI=1S/C14H26N2O/c1-5-8-16(12(2)3)13(4)10-15-11-14-7-6-9-17-14/h6-7,9,12-13,15H,5,8,10-11H2,1-4H3. The smallest absolute Gasteiger partial charge is 0.117 e. The summed E-state index contributed by atoms with van der Waals surface area (Å²) in [5.74, 6) is 1.00. The van der Waals surface area contributed by atoms with E-state index in [1.165, 1.54) is 13.0 Å². The second-order valence-corrected chi connectivity index (χ2v) is 4.89. The van der Waals surface area contributed by atoms with Crippen LogP contribution in [0.1, 0.15) is 39.9 Å². The van der Waals surface area contributed by atoms with Crippen LogP contribution < -0.4 is 5.32 Å². The number of hydrogen-bond donors (Lipinski definition) is 1. The van der Waals surface area contributed by atoms with Crippen molar-refractivity contribution in [1.82, 2.24) is 10.2 Å². The minimum Gasteiger partial charge on any atom is -0.468 e. The van der Waals surface area contributed by atoms with Gasteiger partial charge in [0.2, 0.25) is 0 Å². The molecule has 0 amide bonds. The van der Waals surface area contributed by atoms with Gasteiger partial charge in [0.25, 0.3) is 0 Å². The van der Waals surface area contributed by atoms with Gasteiger partial charge in [0.15, 0.2) is 0 Å². The third-order valence-corrected chi connectivity index (χ3v) is 3.03. The Labute approximate surface area is 105 Å². The lowest BCUT2D eigenvalue weighted by Gasteiger charge is -2.32. The predicted molar refractivity (Wildman–Crippen MR) is 72.0 cm³/mol. The van der Waals surface area contributed by atoms with E-state index >= 15 is 0 Å². The summed E-state index contributed by atoms with van der Waals surface area (Å²) in [7, 11) is 0. The van der Waals surface area contributed by atoms with E-state index in [4.69, 9.17) is 4.42 Å². The summed E-state index contributed by atoms with van der Waals surface area (Å²) in [5, 5.41) is 3.45. The van der Waals surface area contributed by atoms with Gasteiger partial charge in [-0.3, -0.25) is 4.90 Å². The van der Waals surface area contributed by atoms with Gasteiger partial charge in [-0.25, -0.2) is 0 Å². The molecule has 0 saturated heterocycles. The third-order valence-electron chi connectivity index (χ3n) is 3.03. The summed E-state index contributed by atoms with van der Waals surface area (Å²) < 4.78 is 5.29. The van der Waals surface area contributed by atoms with Crippen LogP contribution in [0.15, 0.2) is 22.8 Å². The van der Waals surface area contributed by atoms with Gasteiger partial charge in [-0.2, -0.15) is 0 Å².